The van der Waals surface area contributed by atoms with Crippen molar-refractivity contribution in [3.05, 3.63) is 29.3 Å². The maximum absolute atomic E-state index is 5.42. The van der Waals surface area contributed by atoms with E-state index in [2.05, 4.69) is 49.4 Å². The molecule has 1 aliphatic heterocycles. The van der Waals surface area contributed by atoms with Crippen molar-refractivity contribution < 1.29 is 4.74 Å². The van der Waals surface area contributed by atoms with Gasteiger partial charge in [0.05, 0.1) is 7.11 Å². The molecule has 2 bridgehead atoms. The fraction of sp³-hybridized carbons (Fsp3) is 0.625. The first-order valence-electron chi connectivity index (χ1n) is 7.15. The second-order valence-electron chi connectivity index (χ2n) is 6.21. The van der Waals surface area contributed by atoms with Crippen LogP contribution in [0.3, 0.4) is 0 Å². The molecule has 1 aromatic rings. The third kappa shape index (κ3) is 1.79. The number of hydrogen-bond donors (Lipinski definition) is 1. The average molecular weight is 260 g/mol. The number of fused-ring (bicyclic) bond motifs is 4. The van der Waals surface area contributed by atoms with E-state index in [0.717, 1.165) is 12.2 Å². The molecule has 1 N–H and O–H groups in total. The van der Waals surface area contributed by atoms with Crippen molar-refractivity contribution in [2.75, 3.05) is 27.7 Å². The zero-order valence-corrected chi connectivity index (χ0v) is 12.4. The summed E-state index contributed by atoms with van der Waals surface area (Å²) < 4.78 is 5.42. The number of ether oxygens (including phenoxy) is 1. The van der Waals surface area contributed by atoms with Crippen molar-refractivity contribution in [1.82, 2.24) is 10.2 Å². The number of piperidine rings is 1. The summed E-state index contributed by atoms with van der Waals surface area (Å²) in [6, 6.07) is 7.72. The summed E-state index contributed by atoms with van der Waals surface area (Å²) in [5, 5.41) is 3.57. The fourth-order valence-electron chi connectivity index (χ4n) is 4.11. The Balaban J connectivity index is 2.13. The van der Waals surface area contributed by atoms with Crippen LogP contribution in [0.5, 0.6) is 5.75 Å². The molecule has 104 valence electrons. The highest BCUT2D eigenvalue weighted by Gasteiger charge is 2.49. The number of likely N-dealkylation sites (tertiary alicyclic amines) is 1. The van der Waals surface area contributed by atoms with Crippen LogP contribution < -0.4 is 10.1 Å². The third-order valence-corrected chi connectivity index (χ3v) is 5.29. The van der Waals surface area contributed by atoms with Gasteiger partial charge < -0.3 is 15.0 Å². The molecule has 0 aromatic heterocycles. The SMILES string of the molecule is CN[C@H]1[C@H]2Cc3ccc(OC)cc3C1(C)CCN2C. The highest BCUT2D eigenvalue weighted by Crippen LogP contribution is 2.45. The van der Waals surface area contributed by atoms with E-state index in [9.17, 15) is 0 Å². The first-order chi connectivity index (χ1) is 9.10. The minimum absolute atomic E-state index is 0.216. The van der Waals surface area contributed by atoms with Gasteiger partial charge in [-0.3, -0.25) is 0 Å². The molecule has 0 saturated carbocycles. The van der Waals surface area contributed by atoms with Gasteiger partial charge in [-0.05, 0) is 56.7 Å². The van der Waals surface area contributed by atoms with Crippen molar-refractivity contribution in [3.63, 3.8) is 0 Å². The van der Waals surface area contributed by atoms with E-state index in [1.807, 2.05) is 0 Å². The summed E-state index contributed by atoms with van der Waals surface area (Å²) in [6.45, 7) is 3.58. The van der Waals surface area contributed by atoms with Gasteiger partial charge in [-0.2, -0.15) is 0 Å². The van der Waals surface area contributed by atoms with E-state index in [1.165, 1.54) is 24.1 Å². The molecule has 3 atom stereocenters. The number of nitrogens with one attached hydrogen (secondary N) is 1. The molecule has 2 aliphatic rings. The van der Waals surface area contributed by atoms with E-state index in [1.54, 1.807) is 7.11 Å². The van der Waals surface area contributed by atoms with E-state index >= 15 is 0 Å². The number of methoxy groups -OCH3 is 1. The van der Waals surface area contributed by atoms with E-state index in [4.69, 9.17) is 4.74 Å². The van der Waals surface area contributed by atoms with Gasteiger partial charge >= 0.3 is 0 Å². The molecule has 1 fully saturated rings. The van der Waals surface area contributed by atoms with Crippen molar-refractivity contribution >= 4 is 0 Å². The van der Waals surface area contributed by atoms with Crippen LogP contribution in [0.2, 0.25) is 0 Å². The zero-order valence-electron chi connectivity index (χ0n) is 12.4. The Morgan fingerprint density at radius 3 is 2.89 bits per heavy atom. The van der Waals surface area contributed by atoms with Gasteiger partial charge in [0.25, 0.3) is 0 Å². The van der Waals surface area contributed by atoms with Crippen LogP contribution in [0.15, 0.2) is 18.2 Å². The van der Waals surface area contributed by atoms with Gasteiger partial charge in [0.15, 0.2) is 0 Å². The van der Waals surface area contributed by atoms with Gasteiger partial charge in [0.1, 0.15) is 5.75 Å². The van der Waals surface area contributed by atoms with Gasteiger partial charge in [0.2, 0.25) is 0 Å². The highest BCUT2D eigenvalue weighted by molar-refractivity contribution is 5.45. The zero-order chi connectivity index (χ0) is 13.6. The number of likely N-dealkylation sites (N-methyl/N-ethyl adjacent to an activating group) is 2. The molecular formula is C16H24N2O. The molecule has 1 aromatic carbocycles. The molecule has 1 saturated heterocycles. The lowest BCUT2D eigenvalue weighted by Crippen LogP contribution is -2.65. The van der Waals surface area contributed by atoms with E-state index < -0.39 is 0 Å². The second-order valence-corrected chi connectivity index (χ2v) is 6.21. The largest absolute Gasteiger partial charge is 0.497 e. The molecule has 3 rings (SSSR count). The van der Waals surface area contributed by atoms with E-state index in [0.29, 0.717) is 12.1 Å². The summed E-state index contributed by atoms with van der Waals surface area (Å²) in [5.74, 6) is 0.979. The lowest BCUT2D eigenvalue weighted by atomic mass is 9.62. The molecule has 3 heteroatoms. The number of nitrogens with zero attached hydrogens (tertiary/aromatic N) is 1. The lowest BCUT2D eigenvalue weighted by Gasteiger charge is -2.54. The number of hydrogen-bond acceptors (Lipinski definition) is 3. The second kappa shape index (κ2) is 4.50. The molecule has 1 aliphatic carbocycles. The molecule has 3 nitrogen and oxygen atoms in total. The third-order valence-electron chi connectivity index (χ3n) is 5.29. The van der Waals surface area contributed by atoms with Crippen LogP contribution in [0.4, 0.5) is 0 Å². The Hall–Kier alpha value is -1.06. The number of benzene rings is 1. The Kier molecular flexibility index (Phi) is 3.06. The Morgan fingerprint density at radius 2 is 2.21 bits per heavy atom. The predicted molar refractivity (Wildman–Crippen MR) is 77.9 cm³/mol. The Bertz CT molecular complexity index is 488. The first kappa shape index (κ1) is 12.9. The minimum Gasteiger partial charge on any atom is -0.497 e. The van der Waals surface area contributed by atoms with Gasteiger partial charge in [0, 0.05) is 17.5 Å². The summed E-state index contributed by atoms with van der Waals surface area (Å²) in [4.78, 5) is 2.51. The van der Waals surface area contributed by atoms with Gasteiger partial charge in [-0.1, -0.05) is 13.0 Å². The maximum atomic E-state index is 5.42. The van der Waals surface area contributed by atoms with Crippen molar-refractivity contribution in [1.29, 1.82) is 0 Å². The quantitative estimate of drug-likeness (QED) is 0.877. The summed E-state index contributed by atoms with van der Waals surface area (Å²) in [6.07, 6.45) is 2.34. The van der Waals surface area contributed by atoms with Gasteiger partial charge in [-0.15, -0.1) is 0 Å². The molecule has 0 radical (unpaired) electrons. The van der Waals surface area contributed by atoms with E-state index in [-0.39, 0.29) is 5.41 Å². The summed E-state index contributed by atoms with van der Waals surface area (Å²) >= 11 is 0. The van der Waals surface area contributed by atoms with Crippen LogP contribution >= 0.6 is 0 Å². The smallest absolute Gasteiger partial charge is 0.119 e. The topological polar surface area (TPSA) is 24.5 Å². The highest BCUT2D eigenvalue weighted by atomic mass is 16.5. The van der Waals surface area contributed by atoms with Crippen LogP contribution in [-0.2, 0) is 11.8 Å². The first-order valence-corrected chi connectivity index (χ1v) is 7.15. The molecule has 0 spiro atoms. The molecular weight excluding hydrogens is 236 g/mol. The van der Waals surface area contributed by atoms with Crippen molar-refractivity contribution in [2.24, 2.45) is 0 Å². The predicted octanol–water partition coefficient (Wildman–Crippen LogP) is 1.80. The van der Waals surface area contributed by atoms with Crippen LogP contribution in [-0.4, -0.2) is 44.7 Å². The standard InChI is InChI=1S/C16H24N2O/c1-16-7-8-18(3)14(15(16)17-2)9-11-5-6-12(19-4)10-13(11)16/h5-6,10,14-15,17H,7-9H2,1-4H3/t14-,15+,16?/m1/s1. The lowest BCUT2D eigenvalue weighted by molar-refractivity contribution is 0.0701. The van der Waals surface area contributed by atoms with Crippen LogP contribution in [0.1, 0.15) is 24.5 Å². The molecule has 1 heterocycles. The normalized spacial score (nSPS) is 33.9. The maximum Gasteiger partial charge on any atom is 0.119 e. The Morgan fingerprint density at radius 1 is 1.42 bits per heavy atom. The fourth-order valence-corrected chi connectivity index (χ4v) is 4.11. The number of rotatable bonds is 2. The molecule has 0 amide bonds. The molecule has 19 heavy (non-hydrogen) atoms. The van der Waals surface area contributed by atoms with Gasteiger partial charge in [-0.25, -0.2) is 0 Å². The Labute approximate surface area is 115 Å². The minimum atomic E-state index is 0.216. The van der Waals surface area contributed by atoms with Crippen LogP contribution in [0, 0.1) is 0 Å². The monoisotopic (exact) mass is 260 g/mol. The van der Waals surface area contributed by atoms with Crippen molar-refractivity contribution in [3.8, 4) is 5.75 Å². The summed E-state index contributed by atoms with van der Waals surface area (Å²) in [5.41, 5.74) is 3.19. The summed E-state index contributed by atoms with van der Waals surface area (Å²) in [7, 11) is 6.10. The van der Waals surface area contributed by atoms with Crippen LogP contribution in [0.25, 0.3) is 0 Å². The van der Waals surface area contributed by atoms with Crippen molar-refractivity contribution in [2.45, 2.75) is 37.3 Å². The average Bonchev–Trinajstić information content (AvgIpc) is 2.43. The molecule has 1 unspecified atom stereocenters.